The smallest absolute Gasteiger partial charge is 0.344 e. The van der Waals surface area contributed by atoms with Crippen LogP contribution in [0.15, 0.2) is 59.1 Å². The van der Waals surface area contributed by atoms with Crippen molar-refractivity contribution in [2.45, 2.75) is 26.9 Å². The summed E-state index contributed by atoms with van der Waals surface area (Å²) in [5.41, 5.74) is 1.66. The van der Waals surface area contributed by atoms with E-state index in [0.29, 0.717) is 35.1 Å². The highest BCUT2D eigenvalue weighted by atomic mass is 16.6. The molecule has 7 heteroatoms. The van der Waals surface area contributed by atoms with Crippen molar-refractivity contribution in [2.24, 2.45) is 0 Å². The molecule has 0 saturated heterocycles. The number of hydrogen-bond donors (Lipinski definition) is 1. The van der Waals surface area contributed by atoms with E-state index in [9.17, 15) is 9.59 Å². The van der Waals surface area contributed by atoms with Crippen LogP contribution >= 0.6 is 0 Å². The summed E-state index contributed by atoms with van der Waals surface area (Å²) in [5, 5.41) is 6.56. The molecule has 0 saturated carbocycles. The Balaban J connectivity index is 1.88. The second-order valence-corrected chi connectivity index (χ2v) is 6.31. The maximum atomic E-state index is 13.1. The van der Waals surface area contributed by atoms with Crippen LogP contribution in [0.1, 0.15) is 40.4 Å². The third kappa shape index (κ3) is 4.63. The third-order valence-corrected chi connectivity index (χ3v) is 4.25. The number of aryl methyl sites for hydroxylation is 2. The number of anilines is 1. The number of ether oxygens (including phenoxy) is 2. The molecule has 3 rings (SSSR count). The predicted molar refractivity (Wildman–Crippen MR) is 107 cm³/mol. The highest BCUT2D eigenvalue weighted by Crippen LogP contribution is 2.27. The van der Waals surface area contributed by atoms with Crippen LogP contribution in [0.2, 0.25) is 0 Å². The first-order valence-corrected chi connectivity index (χ1v) is 9.22. The molecule has 1 atom stereocenters. The Morgan fingerprint density at radius 2 is 1.76 bits per heavy atom. The lowest BCUT2D eigenvalue weighted by Gasteiger charge is -2.19. The maximum absolute atomic E-state index is 13.1. The van der Waals surface area contributed by atoms with Crippen LogP contribution < -0.4 is 10.1 Å². The molecule has 0 spiro atoms. The zero-order valence-electron chi connectivity index (χ0n) is 16.5. The molecule has 1 unspecified atom stereocenters. The van der Waals surface area contributed by atoms with Gasteiger partial charge in [0.25, 0.3) is 5.91 Å². The van der Waals surface area contributed by atoms with E-state index < -0.39 is 18.0 Å². The number of nitrogens with zero attached hydrogens (tertiary/aromatic N) is 1. The molecular formula is C22H22N2O5. The fraction of sp³-hybridized carbons (Fsp3) is 0.227. The van der Waals surface area contributed by atoms with Crippen LogP contribution in [0.4, 0.5) is 5.69 Å². The van der Waals surface area contributed by atoms with Gasteiger partial charge in [0.1, 0.15) is 17.1 Å². The first-order valence-electron chi connectivity index (χ1n) is 9.22. The minimum absolute atomic E-state index is 0.216. The van der Waals surface area contributed by atoms with Gasteiger partial charge in [-0.2, -0.15) is 0 Å². The molecule has 0 fully saturated rings. The van der Waals surface area contributed by atoms with Crippen molar-refractivity contribution in [1.82, 2.24) is 5.16 Å². The molecule has 0 bridgehead atoms. The van der Waals surface area contributed by atoms with Gasteiger partial charge in [0.05, 0.1) is 18.0 Å². The van der Waals surface area contributed by atoms with Crippen LogP contribution in [0.5, 0.6) is 5.75 Å². The molecule has 1 amide bonds. The first-order chi connectivity index (χ1) is 14.0. The highest BCUT2D eigenvalue weighted by molar-refractivity contribution is 5.99. The lowest BCUT2D eigenvalue weighted by Crippen LogP contribution is -2.26. The molecule has 0 radical (unpaired) electrons. The molecule has 0 aliphatic carbocycles. The Kier molecular flexibility index (Phi) is 6.29. The van der Waals surface area contributed by atoms with Gasteiger partial charge in [-0.05, 0) is 32.9 Å². The number of carbonyl (C=O) groups is 2. The van der Waals surface area contributed by atoms with Gasteiger partial charge >= 0.3 is 5.97 Å². The summed E-state index contributed by atoms with van der Waals surface area (Å²) in [4.78, 5) is 25.8. The normalized spacial score (nSPS) is 11.6. The van der Waals surface area contributed by atoms with E-state index in [1.165, 1.54) is 0 Å². The fourth-order valence-electron chi connectivity index (χ4n) is 2.89. The molecular weight excluding hydrogens is 372 g/mol. The zero-order chi connectivity index (χ0) is 20.8. The lowest BCUT2D eigenvalue weighted by atomic mass is 10.1. The van der Waals surface area contributed by atoms with Crippen molar-refractivity contribution in [3.63, 3.8) is 0 Å². The van der Waals surface area contributed by atoms with Crippen LogP contribution in [0, 0.1) is 13.8 Å². The number of hydrogen-bond acceptors (Lipinski definition) is 6. The van der Waals surface area contributed by atoms with Crippen molar-refractivity contribution in [1.29, 1.82) is 0 Å². The largest absolute Gasteiger partial charge is 0.492 e. The van der Waals surface area contributed by atoms with Crippen LogP contribution in [0.3, 0.4) is 0 Å². The van der Waals surface area contributed by atoms with Crippen LogP contribution in [-0.2, 0) is 9.53 Å². The van der Waals surface area contributed by atoms with Crippen LogP contribution in [-0.4, -0.2) is 23.6 Å². The second-order valence-electron chi connectivity index (χ2n) is 6.31. The first kappa shape index (κ1) is 20.1. The number of nitrogens with one attached hydrogen (secondary N) is 1. The SMILES string of the molecule is CCOc1ccccc1NC(=O)C(OC(=O)c1c(C)noc1C)c1ccccc1. The van der Waals surface area contributed by atoms with Gasteiger partial charge in [-0.15, -0.1) is 0 Å². The number of para-hydroxylation sites is 2. The summed E-state index contributed by atoms with van der Waals surface area (Å²) in [6.07, 6.45) is -1.16. The summed E-state index contributed by atoms with van der Waals surface area (Å²) < 4.78 is 16.2. The summed E-state index contributed by atoms with van der Waals surface area (Å²) in [5.74, 6) is -0.305. The van der Waals surface area contributed by atoms with Gasteiger partial charge in [-0.25, -0.2) is 4.79 Å². The molecule has 150 valence electrons. The number of esters is 1. The van der Waals surface area contributed by atoms with Gasteiger partial charge < -0.3 is 19.3 Å². The minimum atomic E-state index is -1.16. The lowest BCUT2D eigenvalue weighted by molar-refractivity contribution is -0.125. The summed E-state index contributed by atoms with van der Waals surface area (Å²) in [7, 11) is 0. The summed E-state index contributed by atoms with van der Waals surface area (Å²) >= 11 is 0. The minimum Gasteiger partial charge on any atom is -0.492 e. The highest BCUT2D eigenvalue weighted by Gasteiger charge is 2.29. The van der Waals surface area contributed by atoms with E-state index in [4.69, 9.17) is 14.0 Å². The van der Waals surface area contributed by atoms with E-state index in [1.807, 2.05) is 19.1 Å². The molecule has 29 heavy (non-hydrogen) atoms. The Hall–Kier alpha value is -3.61. The van der Waals surface area contributed by atoms with Gasteiger partial charge in [-0.1, -0.05) is 47.6 Å². The molecule has 1 N–H and O–H groups in total. The topological polar surface area (TPSA) is 90.7 Å². The van der Waals surface area contributed by atoms with Gasteiger partial charge in [0, 0.05) is 5.56 Å². The molecule has 1 aromatic heterocycles. The molecule has 1 heterocycles. The fourth-order valence-corrected chi connectivity index (χ4v) is 2.89. The average molecular weight is 394 g/mol. The quantitative estimate of drug-likeness (QED) is 0.603. The number of amides is 1. The standard InChI is InChI=1S/C22H22N2O5/c1-4-27-18-13-9-8-12-17(18)23-21(25)20(16-10-6-5-7-11-16)28-22(26)19-14(2)24-29-15(19)3/h5-13,20H,4H2,1-3H3,(H,23,25). The second kappa shape index (κ2) is 9.05. The Bertz CT molecular complexity index is 978. The Labute approximate surface area is 168 Å². The van der Waals surface area contributed by atoms with E-state index in [-0.39, 0.29) is 5.56 Å². The van der Waals surface area contributed by atoms with Gasteiger partial charge in [0.15, 0.2) is 0 Å². The molecule has 7 nitrogen and oxygen atoms in total. The van der Waals surface area contributed by atoms with Crippen molar-refractivity contribution >= 4 is 17.6 Å². The van der Waals surface area contributed by atoms with Crippen molar-refractivity contribution in [2.75, 3.05) is 11.9 Å². The van der Waals surface area contributed by atoms with Crippen LogP contribution in [0.25, 0.3) is 0 Å². The van der Waals surface area contributed by atoms with Gasteiger partial charge in [0.2, 0.25) is 6.10 Å². The van der Waals surface area contributed by atoms with Crippen molar-refractivity contribution < 1.29 is 23.6 Å². The average Bonchev–Trinajstić information content (AvgIpc) is 3.06. The summed E-state index contributed by atoms with van der Waals surface area (Å²) in [6, 6.07) is 15.9. The monoisotopic (exact) mass is 394 g/mol. The maximum Gasteiger partial charge on any atom is 0.344 e. The zero-order valence-corrected chi connectivity index (χ0v) is 16.5. The predicted octanol–water partition coefficient (Wildman–Crippen LogP) is 4.23. The van der Waals surface area contributed by atoms with E-state index >= 15 is 0 Å². The Morgan fingerprint density at radius 3 is 2.41 bits per heavy atom. The van der Waals surface area contributed by atoms with Crippen molar-refractivity contribution in [3.05, 3.63) is 77.2 Å². The molecule has 0 aliphatic heterocycles. The van der Waals surface area contributed by atoms with Crippen molar-refractivity contribution in [3.8, 4) is 5.75 Å². The number of aromatic nitrogens is 1. The molecule has 3 aromatic rings. The van der Waals surface area contributed by atoms with E-state index in [2.05, 4.69) is 10.5 Å². The molecule has 2 aromatic carbocycles. The number of carbonyl (C=O) groups excluding carboxylic acids is 2. The molecule has 0 aliphatic rings. The Morgan fingerprint density at radius 1 is 1.07 bits per heavy atom. The number of benzene rings is 2. The van der Waals surface area contributed by atoms with E-state index in [0.717, 1.165) is 0 Å². The van der Waals surface area contributed by atoms with E-state index in [1.54, 1.807) is 56.3 Å². The summed E-state index contributed by atoms with van der Waals surface area (Å²) in [6.45, 7) is 5.57. The number of rotatable bonds is 7. The third-order valence-electron chi connectivity index (χ3n) is 4.25. The van der Waals surface area contributed by atoms with Gasteiger partial charge in [-0.3, -0.25) is 4.79 Å².